The number of hydrogen-bond donors (Lipinski definition) is 2. The second kappa shape index (κ2) is 7.83. The molecule has 24 heavy (non-hydrogen) atoms. The van der Waals surface area contributed by atoms with E-state index < -0.39 is 21.7 Å². The summed E-state index contributed by atoms with van der Waals surface area (Å²) in [5.74, 6) is -0.134. The number of hydrogen-bond acceptors (Lipinski definition) is 3. The lowest BCUT2D eigenvalue weighted by atomic mass is 9.76. The van der Waals surface area contributed by atoms with E-state index in [1.807, 2.05) is 13.8 Å². The highest BCUT2D eigenvalue weighted by atomic mass is 35.5. The van der Waals surface area contributed by atoms with Gasteiger partial charge in [0.05, 0.1) is 10.9 Å². The summed E-state index contributed by atoms with van der Waals surface area (Å²) in [4.78, 5) is 0.0889. The summed E-state index contributed by atoms with van der Waals surface area (Å²) in [6, 6.07) is 5.10. The third-order valence-corrected chi connectivity index (χ3v) is 6.08. The van der Waals surface area contributed by atoms with Crippen LogP contribution in [0.3, 0.4) is 0 Å². The Hall–Kier alpha value is -1.14. The van der Waals surface area contributed by atoms with E-state index in [-0.39, 0.29) is 10.8 Å². The van der Waals surface area contributed by atoms with Crippen molar-refractivity contribution in [1.82, 2.24) is 4.72 Å². The van der Waals surface area contributed by atoms with Gasteiger partial charge in [0.15, 0.2) is 0 Å². The summed E-state index contributed by atoms with van der Waals surface area (Å²) in [5.41, 5.74) is -0.646. The van der Waals surface area contributed by atoms with Crippen LogP contribution in [0.15, 0.2) is 53.5 Å². The number of rotatable bonds is 8. The number of benzene rings is 1. The third-order valence-electron chi connectivity index (χ3n) is 4.37. The zero-order valence-corrected chi connectivity index (χ0v) is 16.2. The molecule has 0 aliphatic carbocycles. The van der Waals surface area contributed by atoms with Gasteiger partial charge in [-0.2, -0.15) is 0 Å². The summed E-state index contributed by atoms with van der Waals surface area (Å²) >= 11 is 5.82. The maximum absolute atomic E-state index is 12.7. The Morgan fingerprint density at radius 1 is 1.25 bits per heavy atom. The molecule has 0 fully saturated rings. The molecule has 0 saturated heterocycles. The first-order valence-corrected chi connectivity index (χ1v) is 9.65. The number of halogens is 1. The van der Waals surface area contributed by atoms with Crippen LogP contribution in [0, 0.1) is 5.92 Å². The molecule has 2 atom stereocenters. The molecule has 0 aliphatic heterocycles. The van der Waals surface area contributed by atoms with Gasteiger partial charge < -0.3 is 5.11 Å². The second-order valence-corrected chi connectivity index (χ2v) is 8.42. The molecule has 0 bridgehead atoms. The van der Waals surface area contributed by atoms with Crippen molar-refractivity contribution in [2.24, 2.45) is 5.92 Å². The Morgan fingerprint density at radius 2 is 1.71 bits per heavy atom. The minimum absolute atomic E-state index is 0.0889. The topological polar surface area (TPSA) is 66.4 Å². The summed E-state index contributed by atoms with van der Waals surface area (Å²) < 4.78 is 28.1. The van der Waals surface area contributed by atoms with Crippen LogP contribution in [0.4, 0.5) is 0 Å². The van der Waals surface area contributed by atoms with Gasteiger partial charge in [0.25, 0.3) is 0 Å². The molecule has 1 rings (SSSR count). The van der Waals surface area contributed by atoms with Gasteiger partial charge in [-0.25, -0.2) is 13.1 Å². The summed E-state index contributed by atoms with van der Waals surface area (Å²) in [6.07, 6.45) is 0.677. The minimum atomic E-state index is -3.83. The molecule has 6 heteroatoms. The average molecular weight is 372 g/mol. The first kappa shape index (κ1) is 20.9. The lowest BCUT2D eigenvalue weighted by Crippen LogP contribution is -2.57. The Labute approximate surface area is 150 Å². The molecule has 0 aliphatic rings. The van der Waals surface area contributed by atoms with Gasteiger partial charge in [0.1, 0.15) is 5.60 Å². The van der Waals surface area contributed by atoms with Crippen molar-refractivity contribution in [1.29, 1.82) is 0 Å². The quantitative estimate of drug-likeness (QED) is 0.680. The molecule has 0 radical (unpaired) electrons. The molecular formula is C18H26ClNO3S. The normalized spacial score (nSPS) is 14.9. The van der Waals surface area contributed by atoms with Gasteiger partial charge >= 0.3 is 0 Å². The van der Waals surface area contributed by atoms with E-state index in [0.717, 1.165) is 0 Å². The van der Waals surface area contributed by atoms with Crippen molar-refractivity contribution in [2.45, 2.75) is 50.7 Å². The molecule has 1 aromatic rings. The van der Waals surface area contributed by atoms with Crippen LogP contribution in [0.1, 0.15) is 34.1 Å². The number of aliphatic hydroxyl groups is 1. The predicted octanol–water partition coefficient (Wildman–Crippen LogP) is 3.92. The Bertz CT molecular complexity index is 696. The summed E-state index contributed by atoms with van der Waals surface area (Å²) in [7, 11) is -3.83. The van der Waals surface area contributed by atoms with Crippen LogP contribution in [0.25, 0.3) is 0 Å². The maximum Gasteiger partial charge on any atom is 0.240 e. The highest BCUT2D eigenvalue weighted by Gasteiger charge is 2.43. The monoisotopic (exact) mass is 371 g/mol. The molecule has 0 spiro atoms. The molecule has 134 valence electrons. The molecule has 0 heterocycles. The molecular weight excluding hydrogens is 346 g/mol. The maximum atomic E-state index is 12.7. The van der Waals surface area contributed by atoms with E-state index in [1.165, 1.54) is 24.3 Å². The van der Waals surface area contributed by atoms with Crippen molar-refractivity contribution in [2.75, 3.05) is 0 Å². The van der Waals surface area contributed by atoms with Gasteiger partial charge in [-0.1, -0.05) is 45.0 Å². The molecule has 0 saturated carbocycles. The molecule has 0 amide bonds. The molecule has 2 N–H and O–H groups in total. The second-order valence-electron chi connectivity index (χ2n) is 6.27. The van der Waals surface area contributed by atoms with E-state index in [0.29, 0.717) is 22.6 Å². The fraction of sp³-hybridized carbons (Fsp3) is 0.444. The summed E-state index contributed by atoms with van der Waals surface area (Å²) in [5, 5.41) is 11.6. The zero-order chi connectivity index (χ0) is 18.7. The Kier molecular flexibility index (Phi) is 6.82. The molecule has 0 unspecified atom stereocenters. The minimum Gasteiger partial charge on any atom is -0.379 e. The van der Waals surface area contributed by atoms with Crippen LogP contribution >= 0.6 is 11.6 Å². The fourth-order valence-electron chi connectivity index (χ4n) is 2.59. The van der Waals surface area contributed by atoms with Gasteiger partial charge in [0, 0.05) is 5.02 Å². The number of nitrogens with one attached hydrogen (secondary N) is 1. The van der Waals surface area contributed by atoms with Crippen LogP contribution in [0.5, 0.6) is 0 Å². The van der Waals surface area contributed by atoms with Gasteiger partial charge in [0.2, 0.25) is 10.0 Å². The lowest BCUT2D eigenvalue weighted by molar-refractivity contribution is 0.0592. The number of sulfonamides is 1. The first-order valence-electron chi connectivity index (χ1n) is 7.79. The van der Waals surface area contributed by atoms with Crippen LogP contribution in [-0.2, 0) is 10.0 Å². The smallest absolute Gasteiger partial charge is 0.240 e. The van der Waals surface area contributed by atoms with E-state index in [2.05, 4.69) is 17.9 Å². The standard InChI is InChI=1S/C18H26ClNO3S/c1-7-14(6)17(18(21,12(2)3)13(4)5)20-24(22,23)16-10-8-15(19)9-11-16/h8-11,14,17,20-21H,2,4,7H2,1,3,5-6H3/t14-,17-/m0/s1. The van der Waals surface area contributed by atoms with Crippen LogP contribution in [-0.4, -0.2) is 25.2 Å². The molecule has 4 nitrogen and oxygen atoms in total. The predicted molar refractivity (Wildman–Crippen MR) is 99.6 cm³/mol. The van der Waals surface area contributed by atoms with Crippen molar-refractivity contribution >= 4 is 21.6 Å². The SMILES string of the molecule is C=C(C)C(O)(C(=C)C)[C@@H](NS(=O)(=O)c1ccc(Cl)cc1)[C@@H](C)CC. The Balaban J connectivity index is 3.35. The van der Waals surface area contributed by atoms with Crippen LogP contribution < -0.4 is 4.72 Å². The van der Waals surface area contributed by atoms with Crippen LogP contribution in [0.2, 0.25) is 5.02 Å². The highest BCUT2D eigenvalue weighted by molar-refractivity contribution is 7.89. The fourth-order valence-corrected chi connectivity index (χ4v) is 4.09. The van der Waals surface area contributed by atoms with Gasteiger partial charge in [-0.05, 0) is 55.2 Å². The van der Waals surface area contributed by atoms with Crippen molar-refractivity contribution in [3.05, 3.63) is 53.6 Å². The third kappa shape index (κ3) is 4.28. The Morgan fingerprint density at radius 3 is 2.08 bits per heavy atom. The van der Waals surface area contributed by atoms with E-state index in [9.17, 15) is 13.5 Å². The zero-order valence-electron chi connectivity index (χ0n) is 14.6. The van der Waals surface area contributed by atoms with Crippen molar-refractivity contribution < 1.29 is 13.5 Å². The van der Waals surface area contributed by atoms with Gasteiger partial charge in [-0.3, -0.25) is 0 Å². The average Bonchev–Trinajstić information content (AvgIpc) is 2.51. The van der Waals surface area contributed by atoms with E-state index in [4.69, 9.17) is 11.6 Å². The van der Waals surface area contributed by atoms with Crippen molar-refractivity contribution in [3.63, 3.8) is 0 Å². The van der Waals surface area contributed by atoms with E-state index >= 15 is 0 Å². The molecule has 0 aromatic heterocycles. The summed E-state index contributed by atoms with van der Waals surface area (Å²) in [6.45, 7) is 14.8. The van der Waals surface area contributed by atoms with Crippen molar-refractivity contribution in [3.8, 4) is 0 Å². The largest absolute Gasteiger partial charge is 0.379 e. The highest BCUT2D eigenvalue weighted by Crippen LogP contribution is 2.33. The van der Waals surface area contributed by atoms with Gasteiger partial charge in [-0.15, -0.1) is 0 Å². The first-order chi connectivity index (χ1) is 11.0. The lowest BCUT2D eigenvalue weighted by Gasteiger charge is -2.40. The van der Waals surface area contributed by atoms with E-state index in [1.54, 1.807) is 13.8 Å². The molecule has 1 aromatic carbocycles.